The van der Waals surface area contributed by atoms with E-state index in [4.69, 9.17) is 0 Å². The van der Waals surface area contributed by atoms with Crippen molar-refractivity contribution in [3.63, 3.8) is 0 Å². The highest BCUT2D eigenvalue weighted by atomic mass is 79.9. The summed E-state index contributed by atoms with van der Waals surface area (Å²) in [5.41, 5.74) is 0. The topological polar surface area (TPSA) is 12.0 Å². The minimum atomic E-state index is 0.896. The molecule has 1 heterocycles. The van der Waals surface area contributed by atoms with E-state index in [9.17, 15) is 0 Å². The molecule has 1 aliphatic rings. The number of thiophene rings is 1. The van der Waals surface area contributed by atoms with Gasteiger partial charge in [-0.3, -0.25) is 0 Å². The highest BCUT2D eigenvalue weighted by Gasteiger charge is 2.20. The fraction of sp³-hybridized carbons (Fsp3) is 0.692. The highest BCUT2D eigenvalue weighted by molar-refractivity contribution is 9.10. The molecule has 1 N–H and O–H groups in total. The van der Waals surface area contributed by atoms with Gasteiger partial charge >= 0.3 is 0 Å². The first-order valence-corrected chi connectivity index (χ1v) is 7.87. The van der Waals surface area contributed by atoms with Crippen molar-refractivity contribution < 1.29 is 0 Å². The Bertz CT molecular complexity index is 323. The van der Waals surface area contributed by atoms with Gasteiger partial charge < -0.3 is 5.32 Å². The molecule has 0 radical (unpaired) electrons. The van der Waals surface area contributed by atoms with E-state index in [-0.39, 0.29) is 0 Å². The first-order valence-electron chi connectivity index (χ1n) is 6.20. The van der Waals surface area contributed by atoms with Gasteiger partial charge in [-0.25, -0.2) is 0 Å². The van der Waals surface area contributed by atoms with Gasteiger partial charge in [-0.15, -0.1) is 11.3 Å². The zero-order valence-electron chi connectivity index (χ0n) is 9.84. The number of rotatable bonds is 4. The molecule has 90 valence electrons. The third-order valence-corrected chi connectivity index (χ3v) is 5.60. The molecule has 2 unspecified atom stereocenters. The molecule has 0 saturated heterocycles. The van der Waals surface area contributed by atoms with Gasteiger partial charge in [0.1, 0.15) is 0 Å². The average Bonchev–Trinajstić information content (AvgIpc) is 2.67. The summed E-state index contributed by atoms with van der Waals surface area (Å²) in [4.78, 5) is 1.42. The van der Waals surface area contributed by atoms with Crippen LogP contribution in [0.5, 0.6) is 0 Å². The summed E-state index contributed by atoms with van der Waals surface area (Å²) in [7, 11) is 0. The summed E-state index contributed by atoms with van der Waals surface area (Å²) >= 11 is 5.40. The van der Waals surface area contributed by atoms with Crippen molar-refractivity contribution in [1.29, 1.82) is 0 Å². The lowest BCUT2D eigenvalue weighted by Gasteiger charge is -2.28. The van der Waals surface area contributed by atoms with E-state index in [0.717, 1.165) is 18.4 Å². The summed E-state index contributed by atoms with van der Waals surface area (Å²) in [5.74, 6) is 1.81. The first-order chi connectivity index (χ1) is 7.77. The lowest BCUT2D eigenvalue weighted by molar-refractivity contribution is 0.248. The summed E-state index contributed by atoms with van der Waals surface area (Å²) in [6, 6.07) is 2.13. The lowest BCUT2D eigenvalue weighted by Crippen LogP contribution is -2.28. The Morgan fingerprint density at radius 3 is 2.94 bits per heavy atom. The second kappa shape index (κ2) is 6.18. The van der Waals surface area contributed by atoms with Gasteiger partial charge in [-0.1, -0.05) is 26.2 Å². The minimum Gasteiger partial charge on any atom is -0.312 e. The van der Waals surface area contributed by atoms with E-state index in [2.05, 4.69) is 39.6 Å². The average molecular weight is 302 g/mol. The maximum absolute atomic E-state index is 3.61. The van der Waals surface area contributed by atoms with Crippen molar-refractivity contribution in [2.24, 2.45) is 11.8 Å². The molecule has 0 spiro atoms. The fourth-order valence-electron chi connectivity index (χ4n) is 2.52. The largest absolute Gasteiger partial charge is 0.312 e. The van der Waals surface area contributed by atoms with Gasteiger partial charge in [0.25, 0.3) is 0 Å². The number of nitrogens with one attached hydrogen (secondary N) is 1. The van der Waals surface area contributed by atoms with Crippen LogP contribution in [0, 0.1) is 11.8 Å². The van der Waals surface area contributed by atoms with E-state index < -0.39 is 0 Å². The standard InChI is InChI=1S/C13H20BrNS/c1-10-4-2-3-5-11(10)8-15-9-13-12(14)6-7-16-13/h6-7,10-11,15H,2-5,8-9H2,1H3. The summed E-state index contributed by atoms with van der Waals surface area (Å²) in [6.07, 6.45) is 5.71. The van der Waals surface area contributed by atoms with Crippen LogP contribution in [0.25, 0.3) is 0 Å². The quantitative estimate of drug-likeness (QED) is 0.868. The Labute approximate surface area is 111 Å². The maximum Gasteiger partial charge on any atom is 0.0327 e. The van der Waals surface area contributed by atoms with Crippen LogP contribution in [0.15, 0.2) is 15.9 Å². The number of hydrogen-bond acceptors (Lipinski definition) is 2. The van der Waals surface area contributed by atoms with Crippen LogP contribution in [0.4, 0.5) is 0 Å². The van der Waals surface area contributed by atoms with Crippen LogP contribution >= 0.6 is 27.3 Å². The molecule has 16 heavy (non-hydrogen) atoms. The zero-order valence-corrected chi connectivity index (χ0v) is 12.2. The Kier molecular flexibility index (Phi) is 4.86. The van der Waals surface area contributed by atoms with Crippen molar-refractivity contribution in [3.05, 3.63) is 20.8 Å². The van der Waals surface area contributed by atoms with E-state index in [0.29, 0.717) is 0 Å². The third kappa shape index (κ3) is 3.31. The van der Waals surface area contributed by atoms with Crippen LogP contribution < -0.4 is 5.32 Å². The first kappa shape index (κ1) is 12.6. The Morgan fingerprint density at radius 1 is 1.44 bits per heavy atom. The van der Waals surface area contributed by atoms with Crippen molar-refractivity contribution in [3.8, 4) is 0 Å². The monoisotopic (exact) mass is 301 g/mol. The van der Waals surface area contributed by atoms with Gasteiger partial charge in [-0.2, -0.15) is 0 Å². The molecule has 1 saturated carbocycles. The van der Waals surface area contributed by atoms with Gasteiger partial charge in [0, 0.05) is 15.9 Å². The van der Waals surface area contributed by atoms with Crippen LogP contribution in [0.3, 0.4) is 0 Å². The second-order valence-electron chi connectivity index (χ2n) is 4.84. The Balaban J connectivity index is 1.73. The van der Waals surface area contributed by atoms with Gasteiger partial charge in [0.05, 0.1) is 0 Å². The summed E-state index contributed by atoms with van der Waals surface area (Å²) in [6.45, 7) is 4.61. The van der Waals surface area contributed by atoms with E-state index in [1.54, 1.807) is 0 Å². The summed E-state index contributed by atoms with van der Waals surface area (Å²) in [5, 5.41) is 5.75. The molecule has 0 aliphatic heterocycles. The molecule has 0 aromatic carbocycles. The summed E-state index contributed by atoms with van der Waals surface area (Å²) < 4.78 is 1.25. The fourth-order valence-corrected chi connectivity index (χ4v) is 3.98. The molecular weight excluding hydrogens is 282 g/mol. The van der Waals surface area contributed by atoms with Gasteiger partial charge in [-0.05, 0) is 52.2 Å². The number of halogens is 1. The minimum absolute atomic E-state index is 0.896. The van der Waals surface area contributed by atoms with Crippen molar-refractivity contribution in [1.82, 2.24) is 5.32 Å². The molecule has 2 atom stereocenters. The van der Waals surface area contributed by atoms with E-state index in [1.807, 2.05) is 11.3 Å². The molecule has 1 fully saturated rings. The van der Waals surface area contributed by atoms with Gasteiger partial charge in [0.2, 0.25) is 0 Å². The molecule has 3 heteroatoms. The third-order valence-electron chi connectivity index (χ3n) is 3.67. The van der Waals surface area contributed by atoms with Crippen molar-refractivity contribution >= 4 is 27.3 Å². The van der Waals surface area contributed by atoms with Crippen molar-refractivity contribution in [2.45, 2.75) is 39.2 Å². The normalized spacial score (nSPS) is 25.9. The molecule has 1 aliphatic carbocycles. The Hall–Kier alpha value is 0.140. The molecule has 2 rings (SSSR count). The lowest BCUT2D eigenvalue weighted by atomic mass is 9.80. The van der Waals surface area contributed by atoms with Crippen molar-refractivity contribution in [2.75, 3.05) is 6.54 Å². The van der Waals surface area contributed by atoms with E-state index >= 15 is 0 Å². The predicted octanol–water partition coefficient (Wildman–Crippen LogP) is 4.43. The van der Waals surface area contributed by atoms with Crippen LogP contribution in [0.1, 0.15) is 37.5 Å². The van der Waals surface area contributed by atoms with Gasteiger partial charge in [0.15, 0.2) is 0 Å². The SMILES string of the molecule is CC1CCCCC1CNCc1sccc1Br. The maximum atomic E-state index is 3.61. The zero-order chi connectivity index (χ0) is 11.4. The molecule has 0 bridgehead atoms. The van der Waals surface area contributed by atoms with Crippen LogP contribution in [0.2, 0.25) is 0 Å². The molecular formula is C13H20BrNS. The number of hydrogen-bond donors (Lipinski definition) is 1. The molecule has 0 amide bonds. The molecule has 1 nitrogen and oxygen atoms in total. The molecule has 1 aromatic rings. The van der Waals surface area contributed by atoms with Crippen LogP contribution in [-0.4, -0.2) is 6.54 Å². The second-order valence-corrected chi connectivity index (χ2v) is 6.70. The molecule has 1 aromatic heterocycles. The van der Waals surface area contributed by atoms with Crippen LogP contribution in [-0.2, 0) is 6.54 Å². The smallest absolute Gasteiger partial charge is 0.0327 e. The Morgan fingerprint density at radius 2 is 2.25 bits per heavy atom. The highest BCUT2D eigenvalue weighted by Crippen LogP contribution is 2.29. The van der Waals surface area contributed by atoms with E-state index in [1.165, 1.54) is 41.6 Å². The predicted molar refractivity (Wildman–Crippen MR) is 74.8 cm³/mol.